The van der Waals surface area contributed by atoms with Gasteiger partial charge in [0.2, 0.25) is 0 Å². The summed E-state index contributed by atoms with van der Waals surface area (Å²) in [6.07, 6.45) is 7.74. The topological polar surface area (TPSA) is 18.5 Å². The SMILES string of the molecule is C1=C2CCCC[C@@H]2[C@@H]2O[C@@]1(COCc1ccccc1)c1ccccc12. The maximum absolute atomic E-state index is 6.66. The molecule has 0 amide bonds. The molecule has 1 aliphatic carbocycles. The van der Waals surface area contributed by atoms with Crippen LogP contribution in [-0.2, 0) is 21.7 Å². The molecule has 128 valence electrons. The predicted octanol–water partition coefficient (Wildman–Crippen LogP) is 5.30. The second-order valence-electron chi connectivity index (χ2n) is 7.57. The second kappa shape index (κ2) is 6.12. The molecule has 0 aromatic heterocycles. The number of benzene rings is 2. The van der Waals surface area contributed by atoms with Crippen LogP contribution < -0.4 is 0 Å². The molecule has 2 heteroatoms. The lowest BCUT2D eigenvalue weighted by Gasteiger charge is -2.39. The first-order chi connectivity index (χ1) is 12.4. The predicted molar refractivity (Wildman–Crippen MR) is 98.1 cm³/mol. The summed E-state index contributed by atoms with van der Waals surface area (Å²) < 4.78 is 12.8. The highest BCUT2D eigenvalue weighted by molar-refractivity contribution is 5.46. The number of rotatable bonds is 4. The zero-order valence-electron chi connectivity index (χ0n) is 14.5. The Morgan fingerprint density at radius 2 is 1.84 bits per heavy atom. The largest absolute Gasteiger partial charge is 0.373 e. The summed E-state index contributed by atoms with van der Waals surface area (Å²) in [5.74, 6) is 0.569. The van der Waals surface area contributed by atoms with Crippen LogP contribution in [0, 0.1) is 5.92 Å². The van der Waals surface area contributed by atoms with Crippen LogP contribution >= 0.6 is 0 Å². The molecule has 1 saturated carbocycles. The minimum atomic E-state index is -0.390. The lowest BCUT2D eigenvalue weighted by Crippen LogP contribution is -2.35. The Kier molecular flexibility index (Phi) is 3.76. The standard InChI is InChI=1S/C23H24O2/c1-2-8-17(9-3-1)15-24-16-23-14-18-10-4-5-11-19(18)22(25-23)20-12-6-7-13-21(20)23/h1-3,6-9,12-14,19,22H,4-5,10-11,15-16H2/t19-,22-,23-/m0/s1. The third-order valence-electron chi connectivity index (χ3n) is 5.98. The zero-order valence-corrected chi connectivity index (χ0v) is 14.5. The van der Waals surface area contributed by atoms with E-state index in [1.807, 2.05) is 6.07 Å². The maximum atomic E-state index is 6.66. The summed E-state index contributed by atoms with van der Waals surface area (Å²) >= 11 is 0. The highest BCUT2D eigenvalue weighted by atomic mass is 16.6. The number of ether oxygens (including phenoxy) is 2. The molecule has 2 nitrogen and oxygen atoms in total. The summed E-state index contributed by atoms with van der Waals surface area (Å²) in [4.78, 5) is 0. The monoisotopic (exact) mass is 332 g/mol. The molecular weight excluding hydrogens is 308 g/mol. The molecule has 0 unspecified atom stereocenters. The van der Waals surface area contributed by atoms with Crippen molar-refractivity contribution in [3.8, 4) is 0 Å². The summed E-state index contributed by atoms with van der Waals surface area (Å²) in [6.45, 7) is 1.22. The number of hydrogen-bond acceptors (Lipinski definition) is 2. The number of hydrogen-bond donors (Lipinski definition) is 0. The van der Waals surface area contributed by atoms with Gasteiger partial charge >= 0.3 is 0 Å². The van der Waals surface area contributed by atoms with E-state index in [1.165, 1.54) is 42.4 Å². The van der Waals surface area contributed by atoms with Crippen LogP contribution in [-0.4, -0.2) is 6.61 Å². The fourth-order valence-electron chi connectivity index (χ4n) is 4.83. The first kappa shape index (κ1) is 15.4. The van der Waals surface area contributed by atoms with Gasteiger partial charge in [0.25, 0.3) is 0 Å². The Bertz CT molecular complexity index is 795. The van der Waals surface area contributed by atoms with Crippen molar-refractivity contribution in [1.29, 1.82) is 0 Å². The van der Waals surface area contributed by atoms with Gasteiger partial charge in [0.1, 0.15) is 5.60 Å². The van der Waals surface area contributed by atoms with Crippen LogP contribution in [0.2, 0.25) is 0 Å². The Morgan fingerprint density at radius 3 is 2.76 bits per heavy atom. The van der Waals surface area contributed by atoms with Crippen LogP contribution in [0.5, 0.6) is 0 Å². The summed E-state index contributed by atoms with van der Waals surface area (Å²) in [7, 11) is 0. The van der Waals surface area contributed by atoms with Gasteiger partial charge in [0, 0.05) is 5.92 Å². The minimum absolute atomic E-state index is 0.219. The van der Waals surface area contributed by atoms with Crippen LogP contribution in [0.1, 0.15) is 48.5 Å². The van der Waals surface area contributed by atoms with Crippen molar-refractivity contribution in [2.75, 3.05) is 6.61 Å². The van der Waals surface area contributed by atoms with Gasteiger partial charge in [-0.2, -0.15) is 0 Å². The molecule has 2 heterocycles. The summed E-state index contributed by atoms with van der Waals surface area (Å²) in [5, 5.41) is 0. The maximum Gasteiger partial charge on any atom is 0.136 e. The smallest absolute Gasteiger partial charge is 0.136 e. The van der Waals surface area contributed by atoms with E-state index in [4.69, 9.17) is 9.47 Å². The van der Waals surface area contributed by atoms with Gasteiger partial charge in [-0.3, -0.25) is 0 Å². The molecule has 0 radical (unpaired) electrons. The molecule has 2 aliphatic heterocycles. The molecule has 0 spiro atoms. The van der Waals surface area contributed by atoms with E-state index < -0.39 is 0 Å². The first-order valence-electron chi connectivity index (χ1n) is 9.46. The molecule has 2 aromatic carbocycles. The van der Waals surface area contributed by atoms with Crippen LogP contribution in [0.25, 0.3) is 0 Å². The van der Waals surface area contributed by atoms with Gasteiger partial charge < -0.3 is 9.47 Å². The molecule has 0 N–H and O–H groups in total. The lowest BCUT2D eigenvalue weighted by molar-refractivity contribution is -0.120. The highest BCUT2D eigenvalue weighted by Crippen LogP contribution is 2.56. The van der Waals surface area contributed by atoms with Gasteiger partial charge in [-0.05, 0) is 42.0 Å². The van der Waals surface area contributed by atoms with Gasteiger partial charge in [0.05, 0.1) is 19.3 Å². The molecule has 2 bridgehead atoms. The van der Waals surface area contributed by atoms with Crippen molar-refractivity contribution in [2.45, 2.75) is 44.0 Å². The quantitative estimate of drug-likeness (QED) is 0.707. The van der Waals surface area contributed by atoms with Crippen molar-refractivity contribution < 1.29 is 9.47 Å². The van der Waals surface area contributed by atoms with Crippen molar-refractivity contribution in [2.24, 2.45) is 5.92 Å². The fourth-order valence-corrected chi connectivity index (χ4v) is 4.83. The lowest BCUT2D eigenvalue weighted by atomic mass is 9.78. The molecule has 25 heavy (non-hydrogen) atoms. The van der Waals surface area contributed by atoms with E-state index in [0.717, 1.165) is 0 Å². The van der Waals surface area contributed by atoms with Crippen LogP contribution in [0.3, 0.4) is 0 Å². The second-order valence-corrected chi connectivity index (χ2v) is 7.57. The first-order valence-corrected chi connectivity index (χ1v) is 9.46. The Labute approximate surface area is 149 Å². The average Bonchev–Trinajstić information content (AvgIpc) is 2.93. The average molecular weight is 332 g/mol. The molecule has 1 fully saturated rings. The molecule has 5 rings (SSSR count). The fraction of sp³-hybridized carbons (Fsp3) is 0.391. The van der Waals surface area contributed by atoms with Gasteiger partial charge in [-0.15, -0.1) is 0 Å². The number of fused-ring (bicyclic) bond motifs is 7. The third kappa shape index (κ3) is 2.56. The van der Waals surface area contributed by atoms with Crippen molar-refractivity contribution in [3.05, 3.63) is 82.9 Å². The van der Waals surface area contributed by atoms with Gasteiger partial charge in [-0.25, -0.2) is 0 Å². The normalized spacial score (nSPS) is 29.7. The van der Waals surface area contributed by atoms with E-state index in [0.29, 0.717) is 19.1 Å². The molecule has 0 saturated heterocycles. The van der Waals surface area contributed by atoms with E-state index in [1.54, 1.807) is 5.57 Å². The molecule has 3 atom stereocenters. The van der Waals surface area contributed by atoms with E-state index in [9.17, 15) is 0 Å². The van der Waals surface area contributed by atoms with Crippen LogP contribution in [0.15, 0.2) is 66.2 Å². The van der Waals surface area contributed by atoms with Gasteiger partial charge in [-0.1, -0.05) is 66.6 Å². The third-order valence-corrected chi connectivity index (χ3v) is 5.98. The zero-order chi connectivity index (χ0) is 16.7. The Balaban J connectivity index is 1.45. The summed E-state index contributed by atoms with van der Waals surface area (Å²) in [5.41, 5.74) is 5.11. The van der Waals surface area contributed by atoms with Crippen molar-refractivity contribution in [3.63, 3.8) is 0 Å². The Hall–Kier alpha value is -1.90. The van der Waals surface area contributed by atoms with Gasteiger partial charge in [0.15, 0.2) is 0 Å². The summed E-state index contributed by atoms with van der Waals surface area (Å²) in [6, 6.07) is 19.1. The van der Waals surface area contributed by atoms with Crippen molar-refractivity contribution >= 4 is 0 Å². The molecular formula is C23H24O2. The molecule has 2 aromatic rings. The van der Waals surface area contributed by atoms with E-state index in [-0.39, 0.29) is 11.7 Å². The molecule has 3 aliphatic rings. The van der Waals surface area contributed by atoms with E-state index in [2.05, 4.69) is 54.6 Å². The van der Waals surface area contributed by atoms with Crippen LogP contribution in [0.4, 0.5) is 0 Å². The Morgan fingerprint density at radius 1 is 1.00 bits per heavy atom. The van der Waals surface area contributed by atoms with E-state index >= 15 is 0 Å². The minimum Gasteiger partial charge on any atom is -0.373 e. The highest BCUT2D eigenvalue weighted by Gasteiger charge is 2.51. The van der Waals surface area contributed by atoms with Crippen molar-refractivity contribution in [1.82, 2.24) is 0 Å².